The first-order valence-electron chi connectivity index (χ1n) is 6.98. The molecule has 24 heavy (non-hydrogen) atoms. The Bertz CT molecular complexity index is 906. The van der Waals surface area contributed by atoms with Gasteiger partial charge in [-0.25, -0.2) is 0 Å². The number of hydrogen-bond donors (Lipinski definition) is 1. The Morgan fingerprint density at radius 1 is 0.875 bits per heavy atom. The predicted octanol–water partition coefficient (Wildman–Crippen LogP) is 4.04. The SMILES string of the molecule is O=[N+]([O-])c1ccc(Nc2cccc(-n3cccc3)c2)c([N+](=O)[O-])c1. The average molecular weight is 324 g/mol. The van der Waals surface area contributed by atoms with Crippen molar-refractivity contribution in [3.05, 3.63) is 87.2 Å². The monoisotopic (exact) mass is 324 g/mol. The molecule has 0 saturated carbocycles. The summed E-state index contributed by atoms with van der Waals surface area (Å²) in [4.78, 5) is 20.6. The van der Waals surface area contributed by atoms with Gasteiger partial charge in [-0.1, -0.05) is 6.07 Å². The lowest BCUT2D eigenvalue weighted by atomic mass is 10.2. The van der Waals surface area contributed by atoms with Gasteiger partial charge in [-0.2, -0.15) is 0 Å². The van der Waals surface area contributed by atoms with Crippen LogP contribution >= 0.6 is 0 Å². The van der Waals surface area contributed by atoms with Crippen LogP contribution in [0.5, 0.6) is 0 Å². The summed E-state index contributed by atoms with van der Waals surface area (Å²) in [5.41, 5.74) is 1.03. The van der Waals surface area contributed by atoms with Crippen LogP contribution in [0.1, 0.15) is 0 Å². The Labute approximate surface area is 136 Å². The topological polar surface area (TPSA) is 103 Å². The van der Waals surface area contributed by atoms with E-state index in [4.69, 9.17) is 0 Å². The van der Waals surface area contributed by atoms with E-state index < -0.39 is 9.85 Å². The van der Waals surface area contributed by atoms with Crippen LogP contribution in [-0.2, 0) is 0 Å². The standard InChI is InChI=1S/C16H12N4O4/c21-19(22)14-6-7-15(16(11-14)20(23)24)17-12-4-3-5-13(10-12)18-8-1-2-9-18/h1-11,17H. The number of nitro groups is 2. The molecule has 0 atom stereocenters. The van der Waals surface area contributed by atoms with Crippen molar-refractivity contribution in [2.24, 2.45) is 0 Å². The summed E-state index contributed by atoms with van der Waals surface area (Å²) in [6, 6.07) is 14.6. The lowest BCUT2D eigenvalue weighted by molar-refractivity contribution is -0.393. The van der Waals surface area contributed by atoms with E-state index >= 15 is 0 Å². The maximum atomic E-state index is 11.2. The predicted molar refractivity (Wildman–Crippen MR) is 88.8 cm³/mol. The van der Waals surface area contributed by atoms with Crippen molar-refractivity contribution in [3.63, 3.8) is 0 Å². The normalized spacial score (nSPS) is 10.3. The summed E-state index contributed by atoms with van der Waals surface area (Å²) in [7, 11) is 0. The highest BCUT2D eigenvalue weighted by Crippen LogP contribution is 2.31. The molecule has 0 unspecified atom stereocenters. The van der Waals surface area contributed by atoms with Gasteiger partial charge < -0.3 is 9.88 Å². The molecule has 1 heterocycles. The Hall–Kier alpha value is -3.68. The summed E-state index contributed by atoms with van der Waals surface area (Å²) in [5, 5.41) is 24.9. The lowest BCUT2D eigenvalue weighted by Crippen LogP contribution is -1.99. The highest BCUT2D eigenvalue weighted by atomic mass is 16.6. The fourth-order valence-corrected chi connectivity index (χ4v) is 2.30. The molecule has 0 aliphatic carbocycles. The van der Waals surface area contributed by atoms with Crippen LogP contribution in [0.3, 0.4) is 0 Å². The van der Waals surface area contributed by atoms with Gasteiger partial charge in [-0.15, -0.1) is 0 Å². The molecule has 0 spiro atoms. The van der Waals surface area contributed by atoms with Crippen LogP contribution in [0.15, 0.2) is 67.0 Å². The molecule has 8 heteroatoms. The number of rotatable bonds is 5. The maximum absolute atomic E-state index is 11.2. The largest absolute Gasteiger partial charge is 0.350 e. The first-order valence-corrected chi connectivity index (χ1v) is 6.98. The molecule has 8 nitrogen and oxygen atoms in total. The molecular weight excluding hydrogens is 312 g/mol. The number of aromatic nitrogens is 1. The van der Waals surface area contributed by atoms with Crippen molar-refractivity contribution in [2.45, 2.75) is 0 Å². The first kappa shape index (κ1) is 15.2. The van der Waals surface area contributed by atoms with Crippen LogP contribution in [0.25, 0.3) is 5.69 Å². The molecule has 0 aliphatic heterocycles. The zero-order valence-electron chi connectivity index (χ0n) is 12.3. The van der Waals surface area contributed by atoms with Crippen LogP contribution < -0.4 is 5.32 Å². The van der Waals surface area contributed by atoms with Crippen molar-refractivity contribution in [2.75, 3.05) is 5.32 Å². The summed E-state index contributed by atoms with van der Waals surface area (Å²) < 4.78 is 1.90. The highest BCUT2D eigenvalue weighted by Gasteiger charge is 2.19. The van der Waals surface area contributed by atoms with Crippen molar-refractivity contribution in [3.8, 4) is 5.69 Å². The lowest BCUT2D eigenvalue weighted by Gasteiger charge is -2.09. The Kier molecular flexibility index (Phi) is 3.94. The number of hydrogen-bond acceptors (Lipinski definition) is 5. The third-order valence-electron chi connectivity index (χ3n) is 3.42. The number of nitro benzene ring substituents is 2. The van der Waals surface area contributed by atoms with Gasteiger partial charge in [-0.3, -0.25) is 20.2 Å². The van der Waals surface area contributed by atoms with E-state index in [2.05, 4.69) is 5.32 Å². The van der Waals surface area contributed by atoms with Crippen molar-refractivity contribution in [1.82, 2.24) is 4.57 Å². The van der Waals surface area contributed by atoms with Crippen molar-refractivity contribution < 1.29 is 9.85 Å². The minimum atomic E-state index is -0.663. The van der Waals surface area contributed by atoms with E-state index in [1.807, 2.05) is 47.3 Å². The maximum Gasteiger partial charge on any atom is 0.299 e. The number of non-ortho nitro benzene ring substituents is 1. The molecule has 0 radical (unpaired) electrons. The molecule has 0 fully saturated rings. The van der Waals surface area contributed by atoms with Gasteiger partial charge in [0.05, 0.1) is 15.9 Å². The second-order valence-corrected chi connectivity index (χ2v) is 4.98. The van der Waals surface area contributed by atoms with E-state index in [-0.39, 0.29) is 17.1 Å². The van der Waals surface area contributed by atoms with E-state index in [1.165, 1.54) is 12.1 Å². The van der Waals surface area contributed by atoms with Gasteiger partial charge in [0.1, 0.15) is 5.69 Å². The van der Waals surface area contributed by atoms with Gasteiger partial charge in [0.15, 0.2) is 0 Å². The molecule has 0 bridgehead atoms. The van der Waals surface area contributed by atoms with E-state index in [9.17, 15) is 20.2 Å². The molecule has 0 saturated heterocycles. The number of nitrogens with one attached hydrogen (secondary N) is 1. The molecule has 0 amide bonds. The van der Waals surface area contributed by atoms with Crippen molar-refractivity contribution >= 4 is 22.7 Å². The molecule has 3 rings (SSSR count). The minimum absolute atomic E-state index is 0.190. The molecular formula is C16H12N4O4. The first-order chi connectivity index (χ1) is 11.5. The number of nitrogens with zero attached hydrogens (tertiary/aromatic N) is 3. The molecule has 3 aromatic rings. The molecule has 2 aromatic carbocycles. The van der Waals surface area contributed by atoms with E-state index in [0.29, 0.717) is 5.69 Å². The molecule has 1 aromatic heterocycles. The van der Waals surface area contributed by atoms with Gasteiger partial charge in [0, 0.05) is 29.8 Å². The Morgan fingerprint density at radius 3 is 2.29 bits per heavy atom. The quantitative estimate of drug-likeness (QED) is 0.563. The van der Waals surface area contributed by atoms with Crippen LogP contribution in [-0.4, -0.2) is 14.4 Å². The van der Waals surface area contributed by atoms with Crippen molar-refractivity contribution in [1.29, 1.82) is 0 Å². The van der Waals surface area contributed by atoms with E-state index in [0.717, 1.165) is 11.8 Å². The smallest absolute Gasteiger partial charge is 0.299 e. The second-order valence-electron chi connectivity index (χ2n) is 4.98. The van der Waals surface area contributed by atoms with Gasteiger partial charge in [-0.05, 0) is 36.4 Å². The summed E-state index contributed by atoms with van der Waals surface area (Å²) in [6.45, 7) is 0. The molecule has 1 N–H and O–H groups in total. The second kappa shape index (κ2) is 6.21. The Morgan fingerprint density at radius 2 is 1.62 bits per heavy atom. The fraction of sp³-hybridized carbons (Fsp3) is 0. The van der Waals surface area contributed by atoms with Gasteiger partial charge in [0.2, 0.25) is 0 Å². The summed E-state index contributed by atoms with van der Waals surface area (Å²) in [5.74, 6) is 0. The average Bonchev–Trinajstić information content (AvgIpc) is 3.09. The number of benzene rings is 2. The fourth-order valence-electron chi connectivity index (χ4n) is 2.30. The summed E-state index contributed by atoms with van der Waals surface area (Å²) in [6.07, 6.45) is 3.76. The van der Waals surface area contributed by atoms with Gasteiger partial charge >= 0.3 is 0 Å². The number of anilines is 2. The third kappa shape index (κ3) is 3.07. The van der Waals surface area contributed by atoms with E-state index in [1.54, 1.807) is 6.07 Å². The highest BCUT2D eigenvalue weighted by molar-refractivity contribution is 5.72. The zero-order chi connectivity index (χ0) is 17.1. The zero-order valence-corrected chi connectivity index (χ0v) is 12.3. The van der Waals surface area contributed by atoms with Crippen LogP contribution in [0.2, 0.25) is 0 Å². The third-order valence-corrected chi connectivity index (χ3v) is 3.42. The summed E-state index contributed by atoms with van der Waals surface area (Å²) >= 11 is 0. The molecule has 0 aliphatic rings. The van der Waals surface area contributed by atoms with Crippen LogP contribution in [0, 0.1) is 20.2 Å². The molecule has 120 valence electrons. The van der Waals surface area contributed by atoms with Crippen LogP contribution in [0.4, 0.5) is 22.7 Å². The van der Waals surface area contributed by atoms with Gasteiger partial charge in [0.25, 0.3) is 11.4 Å². The Balaban J connectivity index is 1.95. The minimum Gasteiger partial charge on any atom is -0.350 e.